The van der Waals surface area contributed by atoms with E-state index in [4.69, 9.17) is 0 Å². The van der Waals surface area contributed by atoms with E-state index >= 15 is 0 Å². The molecule has 37 heavy (non-hydrogen) atoms. The fraction of sp³-hybridized carbons (Fsp3) is 0.667. The van der Waals surface area contributed by atoms with Gasteiger partial charge in [0, 0.05) is 6.42 Å². The predicted octanol–water partition coefficient (Wildman–Crippen LogP) is 8.28. The minimum Gasteiger partial charge on any atom is -0.394 e. The van der Waals surface area contributed by atoms with Crippen LogP contribution in [0.2, 0.25) is 0 Å². The van der Waals surface area contributed by atoms with E-state index in [1.54, 1.807) is 6.08 Å². The number of nitrogens with one attached hydrogen (secondary N) is 1. The number of amides is 1. The minimum absolute atomic E-state index is 0.0998. The molecule has 0 heterocycles. The third-order valence-electron chi connectivity index (χ3n) is 6.18. The summed E-state index contributed by atoms with van der Waals surface area (Å²) in [6.45, 7) is 4.13. The molecule has 0 saturated heterocycles. The SMILES string of the molecule is CCC/C=C\C/C=C\CCCCCCCC(=O)NC(CO)C(O)/C=C/CC/C=C/CC/C=C/CCCC. The minimum atomic E-state index is -0.874. The summed E-state index contributed by atoms with van der Waals surface area (Å²) in [6, 6.07) is -0.651. The van der Waals surface area contributed by atoms with Crippen LogP contribution in [0.4, 0.5) is 0 Å². The van der Waals surface area contributed by atoms with E-state index in [-0.39, 0.29) is 12.5 Å². The molecule has 0 aliphatic rings. The number of carbonyl (C=O) groups excluding carboxylic acids is 1. The summed E-state index contributed by atoms with van der Waals surface area (Å²) in [5.41, 5.74) is 0. The van der Waals surface area contributed by atoms with Crippen LogP contribution in [-0.4, -0.2) is 34.9 Å². The van der Waals surface area contributed by atoms with Gasteiger partial charge in [0.15, 0.2) is 0 Å². The van der Waals surface area contributed by atoms with Gasteiger partial charge in [0.1, 0.15) is 0 Å². The van der Waals surface area contributed by atoms with Crippen molar-refractivity contribution in [2.24, 2.45) is 0 Å². The molecular weight excluding hydrogens is 458 g/mol. The zero-order chi connectivity index (χ0) is 27.2. The summed E-state index contributed by atoms with van der Waals surface area (Å²) in [7, 11) is 0. The summed E-state index contributed by atoms with van der Waals surface area (Å²) in [5.74, 6) is -0.0998. The third kappa shape index (κ3) is 25.5. The van der Waals surface area contributed by atoms with Gasteiger partial charge >= 0.3 is 0 Å². The Hall–Kier alpha value is -1.91. The number of allylic oxidation sites excluding steroid dienone is 9. The van der Waals surface area contributed by atoms with Crippen molar-refractivity contribution in [3.63, 3.8) is 0 Å². The molecule has 2 atom stereocenters. The first kappa shape index (κ1) is 35.1. The topological polar surface area (TPSA) is 69.6 Å². The van der Waals surface area contributed by atoms with Gasteiger partial charge in [-0.3, -0.25) is 4.79 Å². The van der Waals surface area contributed by atoms with Gasteiger partial charge in [0.25, 0.3) is 0 Å². The van der Waals surface area contributed by atoms with Crippen LogP contribution in [0.1, 0.15) is 123 Å². The Morgan fingerprint density at radius 2 is 1.19 bits per heavy atom. The van der Waals surface area contributed by atoms with Crippen LogP contribution in [0.3, 0.4) is 0 Å². The van der Waals surface area contributed by atoms with Crippen molar-refractivity contribution < 1.29 is 15.0 Å². The Morgan fingerprint density at radius 1 is 0.649 bits per heavy atom. The van der Waals surface area contributed by atoms with E-state index in [0.29, 0.717) is 6.42 Å². The largest absolute Gasteiger partial charge is 0.394 e. The molecule has 3 N–H and O–H groups in total. The van der Waals surface area contributed by atoms with Gasteiger partial charge < -0.3 is 15.5 Å². The molecule has 0 bridgehead atoms. The van der Waals surface area contributed by atoms with Crippen LogP contribution in [0.5, 0.6) is 0 Å². The zero-order valence-electron chi connectivity index (χ0n) is 24.0. The fourth-order valence-electron chi connectivity index (χ4n) is 3.82. The highest BCUT2D eigenvalue weighted by atomic mass is 16.3. The highest BCUT2D eigenvalue weighted by Crippen LogP contribution is 2.09. The standard InChI is InChI=1S/C33H57NO3/c1-3-5-7-9-11-13-15-17-19-21-23-25-27-29-33(37)34-31(30-35)32(36)28-26-24-22-20-18-16-14-12-10-8-6-4-2/h7,9-10,12-13,15,18,20,26,28,31-32,35-36H,3-6,8,11,14,16-17,19,21-25,27,29-30H2,1-2H3,(H,34,37)/b9-7-,12-10+,15-13-,20-18+,28-26+. The van der Waals surface area contributed by atoms with E-state index in [1.807, 2.05) is 6.08 Å². The molecule has 0 rings (SSSR count). The Bertz CT molecular complexity index is 648. The predicted molar refractivity (Wildman–Crippen MR) is 161 cm³/mol. The smallest absolute Gasteiger partial charge is 0.220 e. The molecule has 0 aromatic heterocycles. The molecule has 4 nitrogen and oxygen atoms in total. The molecule has 0 aliphatic heterocycles. The Morgan fingerprint density at radius 3 is 1.84 bits per heavy atom. The first-order valence-corrected chi connectivity index (χ1v) is 15.0. The van der Waals surface area contributed by atoms with E-state index in [1.165, 1.54) is 44.9 Å². The number of unbranched alkanes of at least 4 members (excludes halogenated alkanes) is 10. The maximum absolute atomic E-state index is 12.2. The molecule has 2 unspecified atom stereocenters. The maximum atomic E-state index is 12.2. The summed E-state index contributed by atoms with van der Waals surface area (Å²) in [5, 5.41) is 22.7. The van der Waals surface area contributed by atoms with Crippen molar-refractivity contribution in [2.75, 3.05) is 6.61 Å². The second kappa shape index (κ2) is 28.7. The van der Waals surface area contributed by atoms with Crippen LogP contribution in [-0.2, 0) is 4.79 Å². The molecule has 4 heteroatoms. The molecule has 0 radical (unpaired) electrons. The average Bonchev–Trinajstić information content (AvgIpc) is 2.90. The van der Waals surface area contributed by atoms with Crippen molar-refractivity contribution in [3.05, 3.63) is 60.8 Å². The number of hydrogen-bond acceptors (Lipinski definition) is 3. The lowest BCUT2D eigenvalue weighted by molar-refractivity contribution is -0.123. The summed E-state index contributed by atoms with van der Waals surface area (Å²) in [6.07, 6.45) is 38.6. The molecule has 212 valence electrons. The fourth-order valence-corrected chi connectivity index (χ4v) is 3.82. The van der Waals surface area contributed by atoms with Gasteiger partial charge in [-0.2, -0.15) is 0 Å². The lowest BCUT2D eigenvalue weighted by Gasteiger charge is -2.19. The summed E-state index contributed by atoms with van der Waals surface area (Å²) >= 11 is 0. The molecule has 0 aliphatic carbocycles. The summed E-state index contributed by atoms with van der Waals surface area (Å²) in [4.78, 5) is 12.2. The lowest BCUT2D eigenvalue weighted by Crippen LogP contribution is -2.45. The molecule has 0 aromatic rings. The molecular formula is C33H57NO3. The zero-order valence-corrected chi connectivity index (χ0v) is 24.0. The van der Waals surface area contributed by atoms with E-state index in [0.717, 1.165) is 57.8 Å². The van der Waals surface area contributed by atoms with Crippen LogP contribution >= 0.6 is 0 Å². The van der Waals surface area contributed by atoms with E-state index in [9.17, 15) is 15.0 Å². The van der Waals surface area contributed by atoms with Gasteiger partial charge in [-0.25, -0.2) is 0 Å². The third-order valence-corrected chi connectivity index (χ3v) is 6.18. The number of carbonyl (C=O) groups is 1. The summed E-state index contributed by atoms with van der Waals surface area (Å²) < 4.78 is 0. The Kier molecular flexibility index (Phi) is 27.2. The second-order valence-electron chi connectivity index (χ2n) is 9.79. The van der Waals surface area contributed by atoms with Crippen molar-refractivity contribution in [1.29, 1.82) is 0 Å². The first-order valence-electron chi connectivity index (χ1n) is 15.0. The highest BCUT2D eigenvalue weighted by molar-refractivity contribution is 5.76. The Balaban J connectivity index is 3.83. The van der Waals surface area contributed by atoms with Gasteiger partial charge in [-0.1, -0.05) is 113 Å². The van der Waals surface area contributed by atoms with E-state index in [2.05, 4.69) is 67.8 Å². The number of rotatable bonds is 25. The van der Waals surface area contributed by atoms with Crippen molar-refractivity contribution >= 4 is 5.91 Å². The van der Waals surface area contributed by atoms with Crippen LogP contribution in [0, 0.1) is 0 Å². The lowest BCUT2D eigenvalue weighted by atomic mass is 10.1. The van der Waals surface area contributed by atoms with Crippen LogP contribution in [0.15, 0.2) is 60.8 Å². The monoisotopic (exact) mass is 515 g/mol. The van der Waals surface area contributed by atoms with Gasteiger partial charge in [-0.05, 0) is 64.2 Å². The maximum Gasteiger partial charge on any atom is 0.220 e. The van der Waals surface area contributed by atoms with Crippen LogP contribution in [0.25, 0.3) is 0 Å². The van der Waals surface area contributed by atoms with E-state index < -0.39 is 12.1 Å². The van der Waals surface area contributed by atoms with Crippen molar-refractivity contribution in [3.8, 4) is 0 Å². The number of hydrogen-bond donors (Lipinski definition) is 3. The number of aliphatic hydroxyl groups is 2. The first-order chi connectivity index (χ1) is 18.2. The van der Waals surface area contributed by atoms with Gasteiger partial charge in [0.05, 0.1) is 18.8 Å². The normalized spacial score (nSPS) is 14.2. The molecule has 0 saturated carbocycles. The van der Waals surface area contributed by atoms with Gasteiger partial charge in [-0.15, -0.1) is 0 Å². The second-order valence-corrected chi connectivity index (χ2v) is 9.79. The molecule has 0 spiro atoms. The average molecular weight is 516 g/mol. The van der Waals surface area contributed by atoms with Crippen molar-refractivity contribution in [2.45, 2.75) is 135 Å². The highest BCUT2D eigenvalue weighted by Gasteiger charge is 2.17. The van der Waals surface area contributed by atoms with Gasteiger partial charge in [0.2, 0.25) is 5.91 Å². The molecule has 1 amide bonds. The molecule has 0 fully saturated rings. The Labute approximate surface area is 228 Å². The van der Waals surface area contributed by atoms with Crippen molar-refractivity contribution in [1.82, 2.24) is 5.32 Å². The molecule has 0 aromatic carbocycles. The number of aliphatic hydroxyl groups excluding tert-OH is 2. The van der Waals surface area contributed by atoms with Crippen LogP contribution < -0.4 is 5.32 Å². The quantitative estimate of drug-likeness (QED) is 0.0846.